The predicted molar refractivity (Wildman–Crippen MR) is 115 cm³/mol. The van der Waals surface area contributed by atoms with Crippen LogP contribution >= 0.6 is 11.3 Å². The van der Waals surface area contributed by atoms with Crippen molar-refractivity contribution in [2.45, 2.75) is 26.6 Å². The fourth-order valence-electron chi connectivity index (χ4n) is 2.92. The first kappa shape index (κ1) is 19.8. The maximum Gasteiger partial charge on any atom is 0.250 e. The Morgan fingerprint density at radius 3 is 2.61 bits per heavy atom. The van der Waals surface area contributed by atoms with E-state index in [1.807, 2.05) is 26.2 Å². The molecule has 2 aromatic heterocycles. The Kier molecular flexibility index (Phi) is 6.60. The van der Waals surface area contributed by atoms with E-state index in [1.165, 1.54) is 0 Å². The van der Waals surface area contributed by atoms with E-state index in [4.69, 9.17) is 0 Å². The van der Waals surface area contributed by atoms with Gasteiger partial charge in [-0.1, -0.05) is 30.3 Å². The van der Waals surface area contributed by atoms with Crippen molar-refractivity contribution in [3.05, 3.63) is 86.2 Å². The molecule has 0 aliphatic carbocycles. The molecule has 0 bridgehead atoms. The van der Waals surface area contributed by atoms with Crippen LogP contribution in [0.3, 0.4) is 0 Å². The van der Waals surface area contributed by atoms with Gasteiger partial charge < -0.3 is 14.8 Å². The molecule has 3 rings (SSSR count). The Morgan fingerprint density at radius 2 is 1.96 bits per heavy atom. The topological polar surface area (TPSA) is 62.5 Å². The normalized spacial score (nSPS) is 11.5. The lowest BCUT2D eigenvalue weighted by atomic mass is 10.1. The van der Waals surface area contributed by atoms with Crippen molar-refractivity contribution in [3.8, 4) is 0 Å². The Bertz CT molecular complexity index is 990. The van der Waals surface area contributed by atoms with E-state index in [2.05, 4.69) is 49.8 Å². The quantitative estimate of drug-likeness (QED) is 0.515. The third kappa shape index (κ3) is 5.29. The molecule has 0 atom stereocenters. The molecule has 28 heavy (non-hydrogen) atoms. The molecule has 0 amide bonds. The lowest BCUT2D eigenvalue weighted by Crippen LogP contribution is -2.38. The van der Waals surface area contributed by atoms with Gasteiger partial charge in [0.2, 0.25) is 0 Å². The van der Waals surface area contributed by atoms with Crippen LogP contribution in [0.2, 0.25) is 0 Å². The first-order chi connectivity index (χ1) is 13.5. The van der Waals surface area contributed by atoms with Crippen molar-refractivity contribution in [1.29, 1.82) is 0 Å². The first-order valence-corrected chi connectivity index (χ1v) is 9.99. The summed E-state index contributed by atoms with van der Waals surface area (Å²) < 4.78 is 1.70. The van der Waals surface area contributed by atoms with Gasteiger partial charge in [-0.05, 0) is 24.1 Å². The lowest BCUT2D eigenvalue weighted by molar-refractivity contribution is 0.470. The summed E-state index contributed by atoms with van der Waals surface area (Å²) in [5.74, 6) is 0.825. The first-order valence-electron chi connectivity index (χ1n) is 9.11. The van der Waals surface area contributed by atoms with E-state index in [1.54, 1.807) is 35.1 Å². The van der Waals surface area contributed by atoms with Crippen molar-refractivity contribution in [3.63, 3.8) is 0 Å². The molecule has 0 aliphatic rings. The Balaban J connectivity index is 1.56. The van der Waals surface area contributed by atoms with E-state index >= 15 is 0 Å². The second-order valence-electron chi connectivity index (χ2n) is 6.60. The zero-order chi connectivity index (χ0) is 19.9. The molecule has 1 aromatic carbocycles. The maximum atomic E-state index is 11.8. The molecule has 1 N–H and O–H groups in total. The second kappa shape index (κ2) is 9.32. The van der Waals surface area contributed by atoms with Gasteiger partial charge in [0.05, 0.1) is 23.8 Å². The van der Waals surface area contributed by atoms with Crippen LogP contribution in [-0.4, -0.2) is 34.5 Å². The number of hydrogen-bond acceptors (Lipinski definition) is 4. The number of aryl methyl sites for hydroxylation is 1. The highest BCUT2D eigenvalue weighted by atomic mass is 32.1. The van der Waals surface area contributed by atoms with E-state index < -0.39 is 0 Å². The van der Waals surface area contributed by atoms with Crippen LogP contribution in [0.5, 0.6) is 0 Å². The predicted octanol–water partition coefficient (Wildman–Crippen LogP) is 2.87. The van der Waals surface area contributed by atoms with Gasteiger partial charge in [-0.15, -0.1) is 11.3 Å². The van der Waals surface area contributed by atoms with Gasteiger partial charge in [0.1, 0.15) is 0 Å². The number of aromatic nitrogens is 2. The van der Waals surface area contributed by atoms with Gasteiger partial charge in [0.15, 0.2) is 5.96 Å². The number of aliphatic imine (C=N–C) groups is 1. The maximum absolute atomic E-state index is 11.8. The Labute approximate surface area is 169 Å². The van der Waals surface area contributed by atoms with Crippen LogP contribution in [0.4, 0.5) is 0 Å². The van der Waals surface area contributed by atoms with Gasteiger partial charge in [0, 0.05) is 38.3 Å². The number of guanidine groups is 1. The molecule has 0 radical (unpaired) electrons. The van der Waals surface area contributed by atoms with Crippen LogP contribution in [-0.2, 0) is 19.6 Å². The summed E-state index contributed by atoms with van der Waals surface area (Å²) in [5, 5.41) is 6.54. The number of hydrogen-bond donors (Lipinski definition) is 1. The molecule has 0 saturated heterocycles. The van der Waals surface area contributed by atoms with Crippen LogP contribution in [0.15, 0.2) is 63.8 Å². The van der Waals surface area contributed by atoms with Crippen molar-refractivity contribution in [2.24, 2.45) is 4.99 Å². The summed E-state index contributed by atoms with van der Waals surface area (Å²) in [6.45, 7) is 3.98. The minimum absolute atomic E-state index is 0.00962. The standard InChI is InChI=1S/C21H25N5OS/c1-16-24-19(15-28-16)14-25(3)21(22-2)23-12-17-7-9-18(10-8-17)13-26-11-5-4-6-20(26)27/h4-11,15H,12-14H2,1-3H3,(H,22,23). The molecule has 2 heterocycles. The molecule has 0 aliphatic heterocycles. The average molecular weight is 396 g/mol. The third-order valence-corrected chi connectivity index (χ3v) is 5.19. The monoisotopic (exact) mass is 395 g/mol. The van der Waals surface area contributed by atoms with E-state index in [9.17, 15) is 4.79 Å². The summed E-state index contributed by atoms with van der Waals surface area (Å²) in [6, 6.07) is 13.5. The van der Waals surface area contributed by atoms with Gasteiger partial charge in [0.25, 0.3) is 5.56 Å². The highest BCUT2D eigenvalue weighted by molar-refractivity contribution is 7.09. The number of nitrogens with zero attached hydrogens (tertiary/aromatic N) is 4. The third-order valence-electron chi connectivity index (χ3n) is 4.36. The molecule has 0 unspecified atom stereocenters. The molecule has 3 aromatic rings. The zero-order valence-corrected chi connectivity index (χ0v) is 17.2. The van der Waals surface area contributed by atoms with Crippen molar-refractivity contribution in [2.75, 3.05) is 14.1 Å². The van der Waals surface area contributed by atoms with Gasteiger partial charge in [-0.25, -0.2) is 4.98 Å². The Hall–Kier alpha value is -2.93. The molecule has 146 valence electrons. The van der Waals surface area contributed by atoms with E-state index in [0.717, 1.165) is 34.3 Å². The van der Waals surface area contributed by atoms with Gasteiger partial charge >= 0.3 is 0 Å². The molecule has 6 nitrogen and oxygen atoms in total. The van der Waals surface area contributed by atoms with Crippen molar-refractivity contribution in [1.82, 2.24) is 19.8 Å². The summed E-state index contributed by atoms with van der Waals surface area (Å²) in [5.41, 5.74) is 3.31. The van der Waals surface area contributed by atoms with Crippen LogP contribution in [0, 0.1) is 6.92 Å². The van der Waals surface area contributed by atoms with Gasteiger partial charge in [-0.2, -0.15) is 0 Å². The number of pyridine rings is 1. The largest absolute Gasteiger partial charge is 0.352 e. The number of benzene rings is 1. The van der Waals surface area contributed by atoms with Crippen LogP contribution in [0.25, 0.3) is 0 Å². The average Bonchev–Trinajstić information content (AvgIpc) is 3.10. The highest BCUT2D eigenvalue weighted by Crippen LogP contribution is 2.10. The van der Waals surface area contributed by atoms with Crippen LogP contribution < -0.4 is 10.9 Å². The van der Waals surface area contributed by atoms with Crippen molar-refractivity contribution >= 4 is 17.3 Å². The molecule has 0 saturated carbocycles. The molecule has 0 spiro atoms. The second-order valence-corrected chi connectivity index (χ2v) is 7.66. The minimum atomic E-state index is 0.00962. The van der Waals surface area contributed by atoms with Crippen LogP contribution in [0.1, 0.15) is 21.8 Å². The number of thiazole rings is 1. The smallest absolute Gasteiger partial charge is 0.250 e. The van der Waals surface area contributed by atoms with E-state index in [0.29, 0.717) is 13.1 Å². The van der Waals surface area contributed by atoms with E-state index in [-0.39, 0.29) is 5.56 Å². The molecule has 0 fully saturated rings. The summed E-state index contributed by atoms with van der Waals surface area (Å²) in [6.07, 6.45) is 1.81. The van der Waals surface area contributed by atoms with Crippen molar-refractivity contribution < 1.29 is 0 Å². The fourth-order valence-corrected chi connectivity index (χ4v) is 3.52. The summed E-state index contributed by atoms with van der Waals surface area (Å²) in [7, 11) is 3.79. The van der Waals surface area contributed by atoms with Gasteiger partial charge in [-0.3, -0.25) is 9.79 Å². The number of rotatable bonds is 6. The summed E-state index contributed by atoms with van der Waals surface area (Å²) in [4.78, 5) is 22.8. The highest BCUT2D eigenvalue weighted by Gasteiger charge is 2.08. The molecular formula is C21H25N5OS. The SMILES string of the molecule is CN=C(NCc1ccc(Cn2ccccc2=O)cc1)N(C)Cc1csc(C)n1. The Morgan fingerprint density at radius 1 is 1.21 bits per heavy atom. The summed E-state index contributed by atoms with van der Waals surface area (Å²) >= 11 is 1.66. The lowest BCUT2D eigenvalue weighted by Gasteiger charge is -2.21. The minimum Gasteiger partial charge on any atom is -0.352 e. The zero-order valence-electron chi connectivity index (χ0n) is 16.4. The number of nitrogens with one attached hydrogen (secondary N) is 1. The fraction of sp³-hybridized carbons (Fsp3) is 0.286. The molecule has 7 heteroatoms. The molecular weight excluding hydrogens is 370 g/mol.